The van der Waals surface area contributed by atoms with Crippen LogP contribution in [-0.4, -0.2) is 17.0 Å². The molecule has 0 radical (unpaired) electrons. The number of carboxylic acid groups (broad SMARTS) is 1. The molecule has 0 heterocycles. The van der Waals surface area contributed by atoms with Gasteiger partial charge >= 0.3 is 5.97 Å². The second-order valence-corrected chi connectivity index (χ2v) is 4.42. The van der Waals surface area contributed by atoms with Crippen LogP contribution < -0.4 is 5.32 Å². The van der Waals surface area contributed by atoms with Crippen molar-refractivity contribution in [1.82, 2.24) is 0 Å². The van der Waals surface area contributed by atoms with Crippen molar-refractivity contribution in [3.63, 3.8) is 0 Å². The van der Waals surface area contributed by atoms with E-state index in [4.69, 9.17) is 5.11 Å². The van der Waals surface area contributed by atoms with Crippen molar-refractivity contribution in [1.29, 1.82) is 0 Å². The molecule has 5 heteroatoms. The third kappa shape index (κ3) is 3.86. The fraction of sp³-hybridized carbons (Fsp3) is 0.333. The van der Waals surface area contributed by atoms with Gasteiger partial charge in [0.25, 0.3) is 0 Å². The van der Waals surface area contributed by atoms with Crippen LogP contribution in [0.4, 0.5) is 10.1 Å². The van der Waals surface area contributed by atoms with Crippen LogP contribution >= 0.6 is 0 Å². The van der Waals surface area contributed by atoms with E-state index in [1.165, 1.54) is 38.1 Å². The van der Waals surface area contributed by atoms with Crippen molar-refractivity contribution in [3.8, 4) is 0 Å². The summed E-state index contributed by atoms with van der Waals surface area (Å²) in [6.07, 6.45) is -0.139. The van der Waals surface area contributed by atoms with Crippen LogP contribution in [0, 0.1) is 11.2 Å². The predicted molar refractivity (Wildman–Crippen MR) is 61.1 cm³/mol. The van der Waals surface area contributed by atoms with E-state index < -0.39 is 23.1 Å². The zero-order valence-electron chi connectivity index (χ0n) is 9.66. The lowest BCUT2D eigenvalue weighted by Gasteiger charge is -2.18. The number of carboxylic acids is 1. The summed E-state index contributed by atoms with van der Waals surface area (Å²) in [6, 6.07) is 5.28. The number of rotatable bonds is 4. The van der Waals surface area contributed by atoms with E-state index in [-0.39, 0.29) is 6.42 Å². The van der Waals surface area contributed by atoms with Gasteiger partial charge in [0.1, 0.15) is 5.82 Å². The smallest absolute Gasteiger partial charge is 0.309 e. The first-order chi connectivity index (χ1) is 7.81. The monoisotopic (exact) mass is 239 g/mol. The molecule has 0 aliphatic carbocycles. The standard InChI is InChI=1S/C12H14FNO3/c1-12(2,11(16)17)7-10(15)14-9-5-3-8(13)4-6-9/h3-6H,7H2,1-2H3,(H,14,15)(H,16,17). The highest BCUT2D eigenvalue weighted by Gasteiger charge is 2.30. The maximum absolute atomic E-state index is 12.6. The van der Waals surface area contributed by atoms with Gasteiger partial charge in [-0.2, -0.15) is 0 Å². The zero-order valence-corrected chi connectivity index (χ0v) is 9.66. The van der Waals surface area contributed by atoms with E-state index in [1.807, 2.05) is 0 Å². The molecule has 2 N–H and O–H groups in total. The second kappa shape index (κ2) is 4.95. The van der Waals surface area contributed by atoms with Gasteiger partial charge in [-0.05, 0) is 38.1 Å². The number of hydrogen-bond donors (Lipinski definition) is 2. The number of carbonyl (C=O) groups excluding carboxylic acids is 1. The molecule has 1 rings (SSSR count). The van der Waals surface area contributed by atoms with Crippen LogP contribution in [0.15, 0.2) is 24.3 Å². The SMILES string of the molecule is CC(C)(CC(=O)Nc1ccc(F)cc1)C(=O)O. The van der Waals surface area contributed by atoms with Crippen molar-refractivity contribution in [2.24, 2.45) is 5.41 Å². The Balaban J connectivity index is 2.62. The third-order valence-corrected chi connectivity index (χ3v) is 2.31. The van der Waals surface area contributed by atoms with Crippen LogP contribution in [0.5, 0.6) is 0 Å². The van der Waals surface area contributed by atoms with Crippen LogP contribution in [0.25, 0.3) is 0 Å². The average Bonchev–Trinajstić information content (AvgIpc) is 2.20. The summed E-state index contributed by atoms with van der Waals surface area (Å²) >= 11 is 0. The number of benzene rings is 1. The summed E-state index contributed by atoms with van der Waals surface area (Å²) in [7, 11) is 0. The third-order valence-electron chi connectivity index (χ3n) is 2.31. The first-order valence-corrected chi connectivity index (χ1v) is 5.10. The topological polar surface area (TPSA) is 66.4 Å². The summed E-state index contributed by atoms with van der Waals surface area (Å²) < 4.78 is 12.6. The summed E-state index contributed by atoms with van der Waals surface area (Å²) in [5.74, 6) is -1.84. The molecule has 0 bridgehead atoms. The minimum Gasteiger partial charge on any atom is -0.481 e. The van der Waals surface area contributed by atoms with Gasteiger partial charge in [0.05, 0.1) is 5.41 Å². The molecule has 17 heavy (non-hydrogen) atoms. The number of amides is 1. The molecule has 92 valence electrons. The molecule has 0 aromatic heterocycles. The van der Waals surface area contributed by atoms with Crippen molar-refractivity contribution >= 4 is 17.6 Å². The van der Waals surface area contributed by atoms with Crippen molar-refractivity contribution < 1.29 is 19.1 Å². The Bertz CT molecular complexity index is 426. The molecule has 0 unspecified atom stereocenters. The summed E-state index contributed by atoms with van der Waals surface area (Å²) in [5.41, 5.74) is -0.679. The molecule has 0 atom stereocenters. The molecular weight excluding hydrogens is 225 g/mol. The number of carbonyl (C=O) groups is 2. The largest absolute Gasteiger partial charge is 0.481 e. The Morgan fingerprint density at radius 1 is 1.29 bits per heavy atom. The lowest BCUT2D eigenvalue weighted by molar-refractivity contribution is -0.148. The Morgan fingerprint density at radius 3 is 2.29 bits per heavy atom. The first-order valence-electron chi connectivity index (χ1n) is 5.10. The summed E-state index contributed by atoms with van der Waals surface area (Å²) in [5, 5.41) is 11.4. The van der Waals surface area contributed by atoms with Crippen LogP contribution in [0.1, 0.15) is 20.3 Å². The van der Waals surface area contributed by atoms with Gasteiger partial charge in [-0.25, -0.2) is 4.39 Å². The molecule has 1 amide bonds. The maximum Gasteiger partial charge on any atom is 0.309 e. The van der Waals surface area contributed by atoms with E-state index >= 15 is 0 Å². The average molecular weight is 239 g/mol. The lowest BCUT2D eigenvalue weighted by Crippen LogP contribution is -2.29. The fourth-order valence-corrected chi connectivity index (χ4v) is 1.22. The molecule has 1 aromatic rings. The summed E-state index contributed by atoms with van der Waals surface area (Å²) in [6.45, 7) is 2.94. The van der Waals surface area contributed by atoms with E-state index in [0.717, 1.165) is 0 Å². The van der Waals surface area contributed by atoms with E-state index in [2.05, 4.69) is 5.32 Å². The number of hydrogen-bond acceptors (Lipinski definition) is 2. The quantitative estimate of drug-likeness (QED) is 0.846. The minimum absolute atomic E-state index is 0.139. The fourth-order valence-electron chi connectivity index (χ4n) is 1.22. The molecule has 0 saturated heterocycles. The van der Waals surface area contributed by atoms with Crippen molar-refractivity contribution in [2.75, 3.05) is 5.32 Å². The van der Waals surface area contributed by atoms with Crippen molar-refractivity contribution in [2.45, 2.75) is 20.3 Å². The van der Waals surface area contributed by atoms with Gasteiger partial charge in [-0.3, -0.25) is 9.59 Å². The highest BCUT2D eigenvalue weighted by atomic mass is 19.1. The van der Waals surface area contributed by atoms with Crippen LogP contribution in [-0.2, 0) is 9.59 Å². The first kappa shape index (κ1) is 13.2. The maximum atomic E-state index is 12.6. The molecular formula is C12H14FNO3. The number of aliphatic carboxylic acids is 1. The van der Waals surface area contributed by atoms with Crippen molar-refractivity contribution in [3.05, 3.63) is 30.1 Å². The Morgan fingerprint density at radius 2 is 1.82 bits per heavy atom. The van der Waals surface area contributed by atoms with Gasteiger partial charge in [0.2, 0.25) is 5.91 Å². The predicted octanol–water partition coefficient (Wildman–Crippen LogP) is 2.27. The minimum atomic E-state index is -1.12. The summed E-state index contributed by atoms with van der Waals surface area (Å²) in [4.78, 5) is 22.4. The lowest BCUT2D eigenvalue weighted by atomic mass is 9.89. The molecule has 1 aromatic carbocycles. The van der Waals surface area contributed by atoms with Gasteiger partial charge in [-0.15, -0.1) is 0 Å². The number of halogens is 1. The van der Waals surface area contributed by atoms with Gasteiger partial charge in [0.15, 0.2) is 0 Å². The zero-order chi connectivity index (χ0) is 13.1. The molecule has 4 nitrogen and oxygen atoms in total. The number of anilines is 1. The highest BCUT2D eigenvalue weighted by Crippen LogP contribution is 2.21. The molecule has 0 fully saturated rings. The molecule has 0 aliphatic rings. The second-order valence-electron chi connectivity index (χ2n) is 4.42. The van der Waals surface area contributed by atoms with E-state index in [9.17, 15) is 14.0 Å². The van der Waals surface area contributed by atoms with E-state index in [1.54, 1.807) is 0 Å². The Kier molecular flexibility index (Phi) is 3.83. The van der Waals surface area contributed by atoms with Gasteiger partial charge in [-0.1, -0.05) is 0 Å². The Labute approximate surface area is 98.5 Å². The highest BCUT2D eigenvalue weighted by molar-refractivity contribution is 5.93. The molecule has 0 aliphatic heterocycles. The van der Waals surface area contributed by atoms with E-state index in [0.29, 0.717) is 5.69 Å². The molecule has 0 spiro atoms. The van der Waals surface area contributed by atoms with Gasteiger partial charge < -0.3 is 10.4 Å². The Hall–Kier alpha value is -1.91. The van der Waals surface area contributed by atoms with Crippen LogP contribution in [0.3, 0.4) is 0 Å². The van der Waals surface area contributed by atoms with Gasteiger partial charge in [0, 0.05) is 12.1 Å². The molecule has 0 saturated carbocycles. The number of nitrogens with one attached hydrogen (secondary N) is 1. The van der Waals surface area contributed by atoms with Crippen LogP contribution in [0.2, 0.25) is 0 Å². The normalized spacial score (nSPS) is 11.0.